The summed E-state index contributed by atoms with van der Waals surface area (Å²) >= 11 is 11.9. The summed E-state index contributed by atoms with van der Waals surface area (Å²) in [6, 6.07) is 5.15. The SMILES string of the molecule is NCCCCc1cn(CCOc2ccc(Cl)cc2Cl)nn1. The number of aryl methyl sites for hydroxylation is 1. The van der Waals surface area contributed by atoms with Crippen LogP contribution in [0.25, 0.3) is 0 Å². The summed E-state index contributed by atoms with van der Waals surface area (Å²) < 4.78 is 7.37. The minimum Gasteiger partial charge on any atom is -0.490 e. The van der Waals surface area contributed by atoms with E-state index >= 15 is 0 Å². The first-order chi connectivity index (χ1) is 10.2. The first-order valence-corrected chi connectivity index (χ1v) is 7.61. The van der Waals surface area contributed by atoms with Gasteiger partial charge >= 0.3 is 0 Å². The topological polar surface area (TPSA) is 66.0 Å². The predicted octanol–water partition coefficient (Wildman–Crippen LogP) is 2.95. The van der Waals surface area contributed by atoms with Crippen LogP contribution in [-0.4, -0.2) is 28.1 Å². The fourth-order valence-electron chi connectivity index (χ4n) is 1.85. The second-order valence-corrected chi connectivity index (χ2v) is 5.49. The molecule has 0 radical (unpaired) electrons. The van der Waals surface area contributed by atoms with Gasteiger partial charge in [0.1, 0.15) is 12.4 Å². The number of nitrogens with zero attached hydrogens (tertiary/aromatic N) is 3. The molecule has 0 aliphatic carbocycles. The van der Waals surface area contributed by atoms with Gasteiger partial charge in [-0.3, -0.25) is 0 Å². The Morgan fingerprint density at radius 2 is 2.10 bits per heavy atom. The van der Waals surface area contributed by atoms with Crippen molar-refractivity contribution in [2.45, 2.75) is 25.8 Å². The molecule has 0 aliphatic rings. The van der Waals surface area contributed by atoms with Gasteiger partial charge in [-0.2, -0.15) is 0 Å². The summed E-state index contributed by atoms with van der Waals surface area (Å²) in [6.45, 7) is 1.79. The number of aromatic nitrogens is 3. The maximum absolute atomic E-state index is 6.03. The van der Waals surface area contributed by atoms with Crippen molar-refractivity contribution in [3.05, 3.63) is 40.1 Å². The van der Waals surface area contributed by atoms with Gasteiger partial charge in [-0.1, -0.05) is 28.4 Å². The quantitative estimate of drug-likeness (QED) is 0.756. The molecule has 0 saturated carbocycles. The van der Waals surface area contributed by atoms with E-state index in [0.29, 0.717) is 35.5 Å². The Kier molecular flexibility index (Phi) is 6.29. The third-order valence-electron chi connectivity index (χ3n) is 2.95. The van der Waals surface area contributed by atoms with Crippen LogP contribution in [0.3, 0.4) is 0 Å². The highest BCUT2D eigenvalue weighted by Gasteiger charge is 2.04. The molecular formula is C14H18Cl2N4O. The first kappa shape index (κ1) is 16.1. The molecule has 5 nitrogen and oxygen atoms in total. The minimum atomic E-state index is 0.465. The molecule has 1 aromatic carbocycles. The Morgan fingerprint density at radius 1 is 1.24 bits per heavy atom. The number of rotatable bonds is 8. The summed E-state index contributed by atoms with van der Waals surface area (Å²) in [5, 5.41) is 9.27. The summed E-state index contributed by atoms with van der Waals surface area (Å²) in [5.74, 6) is 0.615. The monoisotopic (exact) mass is 328 g/mol. The van der Waals surface area contributed by atoms with Crippen molar-refractivity contribution in [3.8, 4) is 5.75 Å². The summed E-state index contributed by atoms with van der Waals surface area (Å²) in [5.41, 5.74) is 6.44. The lowest BCUT2D eigenvalue weighted by Crippen LogP contribution is -2.09. The van der Waals surface area contributed by atoms with Gasteiger partial charge in [0.2, 0.25) is 0 Å². The van der Waals surface area contributed by atoms with Crippen LogP contribution in [-0.2, 0) is 13.0 Å². The van der Waals surface area contributed by atoms with E-state index in [2.05, 4.69) is 10.3 Å². The predicted molar refractivity (Wildman–Crippen MR) is 84.0 cm³/mol. The second-order valence-electron chi connectivity index (χ2n) is 4.64. The fourth-order valence-corrected chi connectivity index (χ4v) is 2.32. The Bertz CT molecular complexity index is 574. The number of halogens is 2. The molecule has 0 spiro atoms. The van der Waals surface area contributed by atoms with Crippen molar-refractivity contribution in [2.24, 2.45) is 5.73 Å². The number of ether oxygens (including phenoxy) is 1. The van der Waals surface area contributed by atoms with Gasteiger partial charge in [-0.25, -0.2) is 4.68 Å². The highest BCUT2D eigenvalue weighted by Crippen LogP contribution is 2.27. The Morgan fingerprint density at radius 3 is 2.86 bits per heavy atom. The number of nitrogens with two attached hydrogens (primary N) is 1. The number of unbranched alkanes of at least 4 members (excludes halogenated alkanes) is 1. The van der Waals surface area contributed by atoms with Crippen LogP contribution < -0.4 is 10.5 Å². The van der Waals surface area contributed by atoms with Crippen LogP contribution in [0.5, 0.6) is 5.75 Å². The average Bonchev–Trinajstić information content (AvgIpc) is 2.89. The van der Waals surface area contributed by atoms with E-state index in [1.165, 1.54) is 0 Å². The third kappa shape index (κ3) is 5.19. The average molecular weight is 329 g/mol. The summed E-state index contributed by atoms with van der Waals surface area (Å²) in [6.07, 6.45) is 4.88. The van der Waals surface area contributed by atoms with Gasteiger partial charge in [0, 0.05) is 11.2 Å². The maximum atomic E-state index is 6.03. The van der Waals surface area contributed by atoms with E-state index in [1.807, 2.05) is 6.20 Å². The van der Waals surface area contributed by atoms with Crippen molar-refractivity contribution in [3.63, 3.8) is 0 Å². The molecule has 2 aromatic rings. The van der Waals surface area contributed by atoms with Gasteiger partial charge in [0.25, 0.3) is 0 Å². The van der Waals surface area contributed by atoms with Crippen LogP contribution in [0, 0.1) is 0 Å². The molecule has 1 heterocycles. The third-order valence-corrected chi connectivity index (χ3v) is 3.48. The lowest BCUT2D eigenvalue weighted by molar-refractivity contribution is 0.290. The van der Waals surface area contributed by atoms with E-state index < -0.39 is 0 Å². The molecule has 0 unspecified atom stereocenters. The zero-order valence-corrected chi connectivity index (χ0v) is 13.1. The van der Waals surface area contributed by atoms with Crippen LogP contribution in [0.4, 0.5) is 0 Å². The van der Waals surface area contributed by atoms with E-state index in [-0.39, 0.29) is 0 Å². The first-order valence-electron chi connectivity index (χ1n) is 6.86. The van der Waals surface area contributed by atoms with Gasteiger partial charge in [0.05, 0.1) is 17.3 Å². The van der Waals surface area contributed by atoms with E-state index in [9.17, 15) is 0 Å². The van der Waals surface area contributed by atoms with Crippen molar-refractivity contribution < 1.29 is 4.74 Å². The molecule has 21 heavy (non-hydrogen) atoms. The lowest BCUT2D eigenvalue weighted by Gasteiger charge is -2.07. The zero-order valence-electron chi connectivity index (χ0n) is 11.6. The van der Waals surface area contributed by atoms with Crippen LogP contribution >= 0.6 is 23.2 Å². The molecule has 0 amide bonds. The molecule has 0 bridgehead atoms. The molecule has 0 aliphatic heterocycles. The molecule has 0 saturated heterocycles. The standard InChI is InChI=1S/C14H18Cl2N4O/c15-11-4-5-14(13(16)9-11)21-8-7-20-10-12(18-19-20)3-1-2-6-17/h4-5,9-10H,1-3,6-8,17H2. The van der Waals surface area contributed by atoms with Gasteiger partial charge in [-0.05, 0) is 44.0 Å². The van der Waals surface area contributed by atoms with E-state index in [0.717, 1.165) is 25.0 Å². The molecule has 1 aromatic heterocycles. The van der Waals surface area contributed by atoms with Crippen molar-refractivity contribution in [2.75, 3.05) is 13.2 Å². The molecule has 0 fully saturated rings. The summed E-state index contributed by atoms with van der Waals surface area (Å²) in [4.78, 5) is 0. The van der Waals surface area contributed by atoms with Gasteiger partial charge < -0.3 is 10.5 Å². The number of hydrogen-bond acceptors (Lipinski definition) is 4. The van der Waals surface area contributed by atoms with E-state index in [1.54, 1.807) is 22.9 Å². The van der Waals surface area contributed by atoms with Gasteiger partial charge in [-0.15, -0.1) is 5.10 Å². The van der Waals surface area contributed by atoms with Crippen molar-refractivity contribution in [1.29, 1.82) is 0 Å². The molecule has 7 heteroatoms. The molecule has 2 rings (SSSR count). The number of hydrogen-bond donors (Lipinski definition) is 1. The Labute approximate surface area is 134 Å². The van der Waals surface area contributed by atoms with Crippen LogP contribution in [0.2, 0.25) is 10.0 Å². The lowest BCUT2D eigenvalue weighted by atomic mass is 10.2. The van der Waals surface area contributed by atoms with Crippen molar-refractivity contribution >= 4 is 23.2 Å². The normalized spacial score (nSPS) is 10.8. The smallest absolute Gasteiger partial charge is 0.138 e. The van der Waals surface area contributed by atoms with Crippen LogP contribution in [0.15, 0.2) is 24.4 Å². The Balaban J connectivity index is 1.78. The second kappa shape index (κ2) is 8.22. The molecule has 114 valence electrons. The van der Waals surface area contributed by atoms with E-state index in [4.69, 9.17) is 33.7 Å². The fraction of sp³-hybridized carbons (Fsp3) is 0.429. The highest BCUT2D eigenvalue weighted by atomic mass is 35.5. The minimum absolute atomic E-state index is 0.465. The maximum Gasteiger partial charge on any atom is 0.138 e. The molecule has 0 atom stereocenters. The number of benzene rings is 1. The highest BCUT2D eigenvalue weighted by molar-refractivity contribution is 6.35. The summed E-state index contributed by atoms with van der Waals surface area (Å²) in [7, 11) is 0. The van der Waals surface area contributed by atoms with Gasteiger partial charge in [0.15, 0.2) is 0 Å². The van der Waals surface area contributed by atoms with Crippen molar-refractivity contribution in [1.82, 2.24) is 15.0 Å². The largest absolute Gasteiger partial charge is 0.490 e. The molecule has 2 N–H and O–H groups in total. The zero-order chi connectivity index (χ0) is 15.1. The van der Waals surface area contributed by atoms with Crippen LogP contribution in [0.1, 0.15) is 18.5 Å². The molecular weight excluding hydrogens is 311 g/mol. The Hall–Kier alpha value is -1.30.